The molecule has 28 heavy (non-hydrogen) atoms. The van der Waals surface area contributed by atoms with E-state index >= 15 is 0 Å². The van der Waals surface area contributed by atoms with Gasteiger partial charge in [-0.3, -0.25) is 14.6 Å². The number of carbonyl (C=O) groups excluding carboxylic acids is 2. The van der Waals surface area contributed by atoms with E-state index in [9.17, 15) is 9.59 Å². The Morgan fingerprint density at radius 2 is 1.93 bits per heavy atom. The van der Waals surface area contributed by atoms with Gasteiger partial charge in [0.2, 0.25) is 0 Å². The molecule has 2 heterocycles. The lowest BCUT2D eigenvalue weighted by Crippen LogP contribution is -2.45. The van der Waals surface area contributed by atoms with Gasteiger partial charge in [0.25, 0.3) is 0 Å². The number of anilines is 2. The maximum atomic E-state index is 13.3. The predicted molar refractivity (Wildman–Crippen MR) is 113 cm³/mol. The number of carbonyl (C=O) groups is 2. The summed E-state index contributed by atoms with van der Waals surface area (Å²) in [5.74, 6) is -0.00319. The molecule has 2 aromatic carbocycles. The van der Waals surface area contributed by atoms with Crippen molar-refractivity contribution in [3.8, 4) is 0 Å². The first-order valence-electron chi connectivity index (χ1n) is 9.82. The second-order valence-electron chi connectivity index (χ2n) is 7.25. The maximum absolute atomic E-state index is 13.3. The SMILES string of the molecule is CCN1CCCC1CNC(=O)N1c2ccccc2Sc2ccc(C(C)=O)cc21. The molecule has 146 valence electrons. The molecule has 1 fully saturated rings. The topological polar surface area (TPSA) is 52.7 Å². The van der Waals surface area contributed by atoms with Gasteiger partial charge in [-0.25, -0.2) is 4.79 Å². The summed E-state index contributed by atoms with van der Waals surface area (Å²) in [6, 6.07) is 13.7. The molecule has 0 saturated carbocycles. The first-order valence-corrected chi connectivity index (χ1v) is 10.6. The summed E-state index contributed by atoms with van der Waals surface area (Å²) in [6.45, 7) is 6.47. The average Bonchev–Trinajstić information content (AvgIpc) is 3.17. The zero-order chi connectivity index (χ0) is 19.7. The lowest BCUT2D eigenvalue weighted by atomic mass is 10.1. The number of likely N-dealkylation sites (tertiary alicyclic amines) is 1. The highest BCUT2D eigenvalue weighted by molar-refractivity contribution is 7.99. The van der Waals surface area contributed by atoms with E-state index in [0.29, 0.717) is 18.2 Å². The van der Waals surface area contributed by atoms with Gasteiger partial charge in [0.15, 0.2) is 5.78 Å². The summed E-state index contributed by atoms with van der Waals surface area (Å²) in [4.78, 5) is 31.3. The molecule has 0 bridgehead atoms. The molecule has 5 nitrogen and oxygen atoms in total. The van der Waals surface area contributed by atoms with Gasteiger partial charge in [0, 0.05) is 27.9 Å². The van der Waals surface area contributed by atoms with Crippen LogP contribution in [0.3, 0.4) is 0 Å². The van der Waals surface area contributed by atoms with Gasteiger partial charge < -0.3 is 5.32 Å². The lowest BCUT2D eigenvalue weighted by molar-refractivity contribution is 0.101. The van der Waals surface area contributed by atoms with Gasteiger partial charge in [-0.2, -0.15) is 0 Å². The Morgan fingerprint density at radius 1 is 1.14 bits per heavy atom. The number of hydrogen-bond acceptors (Lipinski definition) is 4. The van der Waals surface area contributed by atoms with Crippen LogP contribution in [0.15, 0.2) is 52.3 Å². The van der Waals surface area contributed by atoms with Crippen molar-refractivity contribution in [2.45, 2.75) is 42.5 Å². The lowest BCUT2D eigenvalue weighted by Gasteiger charge is -2.32. The van der Waals surface area contributed by atoms with Crippen LogP contribution in [-0.4, -0.2) is 42.4 Å². The zero-order valence-corrected chi connectivity index (χ0v) is 17.1. The molecule has 2 aliphatic rings. The summed E-state index contributed by atoms with van der Waals surface area (Å²) >= 11 is 1.63. The summed E-state index contributed by atoms with van der Waals surface area (Å²) in [7, 11) is 0. The summed E-state index contributed by atoms with van der Waals surface area (Å²) < 4.78 is 0. The molecule has 0 aliphatic carbocycles. The molecule has 0 aromatic heterocycles. The van der Waals surface area contributed by atoms with Crippen molar-refractivity contribution < 1.29 is 9.59 Å². The van der Waals surface area contributed by atoms with Gasteiger partial charge in [0.05, 0.1) is 11.4 Å². The number of ketones is 1. The second-order valence-corrected chi connectivity index (χ2v) is 8.34. The molecule has 2 amide bonds. The number of nitrogens with zero attached hydrogens (tertiary/aromatic N) is 2. The molecule has 6 heteroatoms. The third kappa shape index (κ3) is 3.54. The van der Waals surface area contributed by atoms with Gasteiger partial charge in [-0.05, 0) is 57.1 Å². The molecular formula is C22H25N3O2S. The number of likely N-dealkylation sites (N-methyl/N-ethyl adjacent to an activating group) is 1. The van der Waals surface area contributed by atoms with Crippen molar-refractivity contribution in [3.05, 3.63) is 48.0 Å². The minimum atomic E-state index is -0.141. The van der Waals surface area contributed by atoms with Crippen LogP contribution in [0.25, 0.3) is 0 Å². The maximum Gasteiger partial charge on any atom is 0.326 e. The zero-order valence-electron chi connectivity index (χ0n) is 16.3. The largest absolute Gasteiger partial charge is 0.336 e. The molecule has 2 aromatic rings. The number of para-hydroxylation sites is 1. The molecule has 4 rings (SSSR count). The van der Waals surface area contributed by atoms with E-state index in [2.05, 4.69) is 17.1 Å². The molecule has 1 N–H and O–H groups in total. The van der Waals surface area contributed by atoms with Crippen LogP contribution in [0.2, 0.25) is 0 Å². The van der Waals surface area contributed by atoms with E-state index in [1.807, 2.05) is 42.5 Å². The standard InChI is InChI=1S/C22H25N3O2S/c1-3-24-12-6-7-17(24)14-23-22(27)25-18-8-4-5-9-20(18)28-21-11-10-16(15(2)26)13-19(21)25/h4-5,8-11,13,17H,3,6-7,12,14H2,1-2H3,(H,23,27). The van der Waals surface area contributed by atoms with Gasteiger partial charge in [-0.1, -0.05) is 36.9 Å². The van der Waals surface area contributed by atoms with Crippen LogP contribution in [0.5, 0.6) is 0 Å². The summed E-state index contributed by atoms with van der Waals surface area (Å²) in [5.41, 5.74) is 2.24. The third-order valence-corrected chi connectivity index (χ3v) is 6.66. The Morgan fingerprint density at radius 3 is 2.71 bits per heavy atom. The fourth-order valence-electron chi connectivity index (χ4n) is 4.02. The molecule has 1 saturated heterocycles. The van der Waals surface area contributed by atoms with Crippen molar-refractivity contribution in [1.82, 2.24) is 10.2 Å². The van der Waals surface area contributed by atoms with Gasteiger partial charge in [-0.15, -0.1) is 0 Å². The van der Waals surface area contributed by atoms with E-state index < -0.39 is 0 Å². The highest BCUT2D eigenvalue weighted by Gasteiger charge is 2.30. The normalized spacial score (nSPS) is 18.5. The van der Waals surface area contributed by atoms with Crippen molar-refractivity contribution in [2.75, 3.05) is 24.5 Å². The Kier molecular flexibility index (Phi) is 5.42. The van der Waals surface area contributed by atoms with Gasteiger partial charge >= 0.3 is 6.03 Å². The number of Topliss-reactive ketones (excluding diaryl/α,β-unsaturated/α-hetero) is 1. The smallest absolute Gasteiger partial charge is 0.326 e. The number of nitrogens with one attached hydrogen (secondary N) is 1. The van der Waals surface area contributed by atoms with Crippen LogP contribution in [0.4, 0.5) is 16.2 Å². The molecule has 0 spiro atoms. The van der Waals surface area contributed by atoms with E-state index in [0.717, 1.165) is 40.7 Å². The van der Waals surface area contributed by atoms with Crippen LogP contribution >= 0.6 is 11.8 Å². The first kappa shape index (κ1) is 19.0. The Bertz CT molecular complexity index is 914. The molecular weight excluding hydrogens is 370 g/mol. The first-order chi connectivity index (χ1) is 13.6. The van der Waals surface area contributed by atoms with Crippen LogP contribution in [0.1, 0.15) is 37.0 Å². The van der Waals surface area contributed by atoms with Crippen LogP contribution in [-0.2, 0) is 0 Å². The van der Waals surface area contributed by atoms with Crippen LogP contribution in [0, 0.1) is 0 Å². The summed E-state index contributed by atoms with van der Waals surface area (Å²) in [5, 5.41) is 3.14. The molecule has 0 radical (unpaired) electrons. The number of amides is 2. The highest BCUT2D eigenvalue weighted by atomic mass is 32.2. The van der Waals surface area contributed by atoms with Crippen molar-refractivity contribution in [2.24, 2.45) is 0 Å². The minimum absolute atomic E-state index is 0.00319. The monoisotopic (exact) mass is 395 g/mol. The van der Waals surface area contributed by atoms with E-state index in [1.165, 1.54) is 6.42 Å². The molecule has 1 atom stereocenters. The predicted octanol–water partition coefficient (Wildman–Crippen LogP) is 4.69. The minimum Gasteiger partial charge on any atom is -0.336 e. The van der Waals surface area contributed by atoms with Crippen molar-refractivity contribution in [3.63, 3.8) is 0 Å². The van der Waals surface area contributed by atoms with E-state index in [4.69, 9.17) is 0 Å². The number of benzene rings is 2. The van der Waals surface area contributed by atoms with Crippen molar-refractivity contribution >= 4 is 35.0 Å². The fourth-order valence-corrected chi connectivity index (χ4v) is 5.06. The quantitative estimate of drug-likeness (QED) is 0.764. The molecule has 2 aliphatic heterocycles. The van der Waals surface area contributed by atoms with Crippen molar-refractivity contribution in [1.29, 1.82) is 0 Å². The average molecular weight is 396 g/mol. The number of rotatable bonds is 4. The second kappa shape index (κ2) is 7.97. The third-order valence-electron chi connectivity index (χ3n) is 5.53. The summed E-state index contributed by atoms with van der Waals surface area (Å²) in [6.07, 6.45) is 2.30. The van der Waals surface area contributed by atoms with Crippen LogP contribution < -0.4 is 10.2 Å². The van der Waals surface area contributed by atoms with E-state index in [1.54, 1.807) is 23.6 Å². The Balaban J connectivity index is 1.64. The van der Waals surface area contributed by atoms with Gasteiger partial charge in [0.1, 0.15) is 0 Å². The highest BCUT2D eigenvalue weighted by Crippen LogP contribution is 2.48. The number of hydrogen-bond donors (Lipinski definition) is 1. The molecule has 1 unspecified atom stereocenters. The number of urea groups is 1. The Labute approximate surface area is 170 Å². The number of fused-ring (bicyclic) bond motifs is 2. The fraction of sp³-hybridized carbons (Fsp3) is 0.364. The Hall–Kier alpha value is -2.31. The van der Waals surface area contributed by atoms with E-state index in [-0.39, 0.29) is 11.8 Å².